The highest BCUT2D eigenvalue weighted by atomic mass is 32.2. The minimum atomic E-state index is -0.584. The van der Waals surface area contributed by atoms with Crippen molar-refractivity contribution in [1.29, 1.82) is 10.5 Å². The number of aromatic amines is 1. The monoisotopic (exact) mass is 324 g/mol. The maximum absolute atomic E-state index is 12.0. The molecule has 0 unspecified atom stereocenters. The number of nitrogens with two attached hydrogens (primary N) is 1. The molecule has 5 nitrogen and oxygen atoms in total. The molecule has 0 radical (unpaired) electrons. The van der Waals surface area contributed by atoms with Crippen molar-refractivity contribution in [3.8, 4) is 23.3 Å². The summed E-state index contributed by atoms with van der Waals surface area (Å²) >= 11 is 1.69. The van der Waals surface area contributed by atoms with Crippen molar-refractivity contribution in [3.05, 3.63) is 45.7 Å². The van der Waals surface area contributed by atoms with Gasteiger partial charge in [-0.15, -0.1) is 11.8 Å². The molecule has 0 aliphatic carbocycles. The number of anilines is 1. The first-order chi connectivity index (χ1) is 11.0. The van der Waals surface area contributed by atoms with E-state index in [9.17, 15) is 15.3 Å². The molecule has 116 valence electrons. The zero-order valence-corrected chi connectivity index (χ0v) is 13.7. The molecule has 0 aliphatic rings. The maximum atomic E-state index is 12.0. The highest BCUT2D eigenvalue weighted by Crippen LogP contribution is 2.31. The van der Waals surface area contributed by atoms with Crippen LogP contribution in [0.4, 0.5) is 5.82 Å². The Morgan fingerprint density at radius 3 is 2.57 bits per heavy atom. The number of thioether (sulfide) groups is 1. The topological polar surface area (TPSA) is 106 Å². The van der Waals surface area contributed by atoms with E-state index >= 15 is 0 Å². The van der Waals surface area contributed by atoms with Crippen LogP contribution in [0, 0.1) is 28.6 Å². The van der Waals surface area contributed by atoms with E-state index in [0.717, 1.165) is 10.6 Å². The van der Waals surface area contributed by atoms with Crippen LogP contribution in [0.2, 0.25) is 0 Å². The Kier molecular flexibility index (Phi) is 5.10. The quantitative estimate of drug-likeness (QED) is 0.840. The van der Waals surface area contributed by atoms with E-state index in [4.69, 9.17) is 5.73 Å². The fourth-order valence-corrected chi connectivity index (χ4v) is 3.05. The molecule has 0 saturated carbocycles. The van der Waals surface area contributed by atoms with Crippen molar-refractivity contribution in [1.82, 2.24) is 4.98 Å². The third-order valence-corrected chi connectivity index (χ3v) is 4.59. The smallest absolute Gasteiger partial charge is 0.268 e. The molecule has 0 saturated heterocycles. The molecular formula is C17H16N4OS. The highest BCUT2D eigenvalue weighted by Gasteiger charge is 2.18. The van der Waals surface area contributed by atoms with Gasteiger partial charge >= 0.3 is 0 Å². The van der Waals surface area contributed by atoms with Crippen LogP contribution in [-0.2, 0) is 0 Å². The van der Waals surface area contributed by atoms with E-state index < -0.39 is 5.56 Å². The maximum Gasteiger partial charge on any atom is 0.268 e. The molecule has 0 aliphatic heterocycles. The van der Waals surface area contributed by atoms with E-state index in [2.05, 4.69) is 18.8 Å². The van der Waals surface area contributed by atoms with Gasteiger partial charge in [0.1, 0.15) is 29.1 Å². The lowest BCUT2D eigenvalue weighted by Crippen LogP contribution is -2.16. The summed E-state index contributed by atoms with van der Waals surface area (Å²) in [5.41, 5.74) is 6.11. The summed E-state index contributed by atoms with van der Waals surface area (Å²) in [5, 5.41) is 18.6. The summed E-state index contributed by atoms with van der Waals surface area (Å²) in [6, 6.07) is 11.3. The van der Waals surface area contributed by atoms with Crippen LogP contribution in [0.25, 0.3) is 11.1 Å². The van der Waals surface area contributed by atoms with Gasteiger partial charge in [-0.25, -0.2) is 0 Å². The minimum absolute atomic E-state index is 0.0215. The molecule has 0 atom stereocenters. The average Bonchev–Trinajstić information content (AvgIpc) is 2.52. The number of nitrogen functional groups attached to an aromatic ring is 1. The zero-order valence-electron chi connectivity index (χ0n) is 12.9. The van der Waals surface area contributed by atoms with Crippen LogP contribution in [-0.4, -0.2) is 10.7 Å². The molecule has 1 heterocycles. The Balaban J connectivity index is 2.63. The van der Waals surface area contributed by atoms with Gasteiger partial charge in [0.15, 0.2) is 0 Å². The summed E-state index contributed by atoms with van der Waals surface area (Å²) in [5.74, 6) is 1.48. The molecule has 0 amide bonds. The third kappa shape index (κ3) is 3.56. The Labute approximate surface area is 138 Å². The van der Waals surface area contributed by atoms with Crippen LogP contribution < -0.4 is 11.3 Å². The predicted octanol–water partition coefficient (Wildman–Crippen LogP) is 3.12. The van der Waals surface area contributed by atoms with Gasteiger partial charge in [-0.05, 0) is 23.6 Å². The van der Waals surface area contributed by atoms with E-state index in [0.29, 0.717) is 17.0 Å². The largest absolute Gasteiger partial charge is 0.384 e. The predicted molar refractivity (Wildman–Crippen MR) is 91.9 cm³/mol. The standard InChI is InChI=1S/C17H16N4OS/c1-10(2)9-23-12-5-3-4-11(6-12)15-13(7-18)16(20)21-17(22)14(15)8-19/h3-6,10H,9H2,1-2H3,(H3,20,21,22). The van der Waals surface area contributed by atoms with Gasteiger partial charge in [-0.1, -0.05) is 26.0 Å². The summed E-state index contributed by atoms with van der Waals surface area (Å²) in [7, 11) is 0. The van der Waals surface area contributed by atoms with Crippen molar-refractivity contribution in [2.75, 3.05) is 11.5 Å². The molecule has 2 aromatic rings. The number of rotatable bonds is 4. The lowest BCUT2D eigenvalue weighted by molar-refractivity contribution is 0.750. The summed E-state index contributed by atoms with van der Waals surface area (Å²) in [6.07, 6.45) is 0. The van der Waals surface area contributed by atoms with E-state index in [-0.39, 0.29) is 16.9 Å². The normalized spacial score (nSPS) is 10.3. The number of hydrogen-bond donors (Lipinski definition) is 2. The Morgan fingerprint density at radius 1 is 1.26 bits per heavy atom. The second kappa shape index (κ2) is 7.04. The van der Waals surface area contributed by atoms with Crippen LogP contribution in [0.15, 0.2) is 34.0 Å². The van der Waals surface area contributed by atoms with Crippen LogP contribution in [0.5, 0.6) is 0 Å². The molecule has 3 N–H and O–H groups in total. The van der Waals surface area contributed by atoms with Crippen LogP contribution in [0.3, 0.4) is 0 Å². The minimum Gasteiger partial charge on any atom is -0.384 e. The number of nitriles is 2. The number of nitrogens with one attached hydrogen (secondary N) is 1. The highest BCUT2D eigenvalue weighted by molar-refractivity contribution is 7.99. The number of H-pyrrole nitrogens is 1. The number of pyridine rings is 1. The summed E-state index contributed by atoms with van der Waals surface area (Å²) < 4.78 is 0. The average molecular weight is 324 g/mol. The van der Waals surface area contributed by atoms with Crippen molar-refractivity contribution in [2.45, 2.75) is 18.7 Å². The fourth-order valence-electron chi connectivity index (χ4n) is 2.14. The third-order valence-electron chi connectivity index (χ3n) is 3.17. The van der Waals surface area contributed by atoms with E-state index in [1.54, 1.807) is 17.8 Å². The molecule has 1 aromatic carbocycles. The molecule has 0 bridgehead atoms. The lowest BCUT2D eigenvalue weighted by Gasteiger charge is -2.10. The van der Waals surface area contributed by atoms with Gasteiger partial charge in [0.05, 0.1) is 0 Å². The van der Waals surface area contributed by atoms with Crippen LogP contribution in [0.1, 0.15) is 25.0 Å². The zero-order chi connectivity index (χ0) is 17.0. The van der Waals surface area contributed by atoms with Gasteiger partial charge in [-0.3, -0.25) is 4.79 Å². The van der Waals surface area contributed by atoms with Gasteiger partial charge in [0, 0.05) is 16.2 Å². The molecule has 0 fully saturated rings. The van der Waals surface area contributed by atoms with E-state index in [1.165, 1.54) is 0 Å². The van der Waals surface area contributed by atoms with Crippen molar-refractivity contribution in [3.63, 3.8) is 0 Å². The second-order valence-electron chi connectivity index (χ2n) is 5.45. The molecule has 6 heteroatoms. The van der Waals surface area contributed by atoms with Gasteiger partial charge in [0.2, 0.25) is 0 Å². The fraction of sp³-hybridized carbons (Fsp3) is 0.235. The molecule has 0 spiro atoms. The first-order valence-corrected chi connectivity index (χ1v) is 8.05. The SMILES string of the molecule is CC(C)CSc1cccc(-c2c(C#N)c(N)[nH]c(=O)c2C#N)c1. The van der Waals surface area contributed by atoms with Gasteiger partial charge in [0.25, 0.3) is 5.56 Å². The molecule has 23 heavy (non-hydrogen) atoms. The first kappa shape index (κ1) is 16.7. The van der Waals surface area contributed by atoms with Gasteiger partial charge in [-0.2, -0.15) is 10.5 Å². The number of hydrogen-bond acceptors (Lipinski definition) is 5. The van der Waals surface area contributed by atoms with Crippen molar-refractivity contribution in [2.24, 2.45) is 5.92 Å². The van der Waals surface area contributed by atoms with E-state index in [1.807, 2.05) is 30.3 Å². The molecule has 1 aromatic heterocycles. The van der Waals surface area contributed by atoms with Gasteiger partial charge < -0.3 is 10.7 Å². The molecule has 2 rings (SSSR count). The Hall–Kier alpha value is -2.70. The van der Waals surface area contributed by atoms with Crippen LogP contribution >= 0.6 is 11.8 Å². The van der Waals surface area contributed by atoms with Crippen molar-refractivity contribution >= 4 is 17.6 Å². The summed E-state index contributed by atoms with van der Waals surface area (Å²) in [6.45, 7) is 4.27. The Bertz CT molecular complexity index is 872. The first-order valence-electron chi connectivity index (χ1n) is 7.07. The van der Waals surface area contributed by atoms with Crippen molar-refractivity contribution < 1.29 is 0 Å². The second-order valence-corrected chi connectivity index (χ2v) is 6.54. The molecular weight excluding hydrogens is 308 g/mol. The number of benzene rings is 1. The summed E-state index contributed by atoms with van der Waals surface area (Å²) in [4.78, 5) is 15.3. The number of aromatic nitrogens is 1. The lowest BCUT2D eigenvalue weighted by atomic mass is 9.97. The Morgan fingerprint density at radius 2 is 1.96 bits per heavy atom. The number of nitrogens with zero attached hydrogens (tertiary/aromatic N) is 2.